The third kappa shape index (κ3) is 5.43. The van der Waals surface area contributed by atoms with E-state index in [1.54, 1.807) is 29.9 Å². The molecule has 1 saturated heterocycles. The summed E-state index contributed by atoms with van der Waals surface area (Å²) in [6.45, 7) is 1.79. The predicted molar refractivity (Wildman–Crippen MR) is 129 cm³/mol. The number of hydrogen-bond donors (Lipinski definition) is 1. The number of benzene rings is 1. The number of nitrogens with one attached hydrogen (secondary N) is 1. The van der Waals surface area contributed by atoms with Crippen molar-refractivity contribution >= 4 is 29.1 Å². The maximum absolute atomic E-state index is 13.9. The molecular formula is C25H28Cl2N4O2. The Hall–Kier alpha value is -2.33. The van der Waals surface area contributed by atoms with Crippen LogP contribution in [0.5, 0.6) is 0 Å². The first-order valence-electron chi connectivity index (χ1n) is 11.4. The first kappa shape index (κ1) is 23.8. The minimum Gasteiger partial charge on any atom is -0.335 e. The molecule has 1 aliphatic heterocycles. The summed E-state index contributed by atoms with van der Waals surface area (Å²) in [6, 6.07) is 9.73. The Labute approximate surface area is 204 Å². The van der Waals surface area contributed by atoms with Gasteiger partial charge in [-0.25, -0.2) is 0 Å². The Kier molecular flexibility index (Phi) is 7.43. The molecule has 33 heavy (non-hydrogen) atoms. The van der Waals surface area contributed by atoms with Crippen LogP contribution >= 0.6 is 23.2 Å². The zero-order chi connectivity index (χ0) is 23.5. The fourth-order valence-electron chi connectivity index (χ4n) is 4.65. The molecule has 0 bridgehead atoms. The summed E-state index contributed by atoms with van der Waals surface area (Å²) >= 11 is 12.9. The number of hydrogen-bond acceptors (Lipinski definition) is 4. The average Bonchev–Trinajstić information content (AvgIpc) is 3.65. The highest BCUT2D eigenvalue weighted by atomic mass is 35.5. The minimum absolute atomic E-state index is 0.00470. The van der Waals surface area contributed by atoms with Crippen molar-refractivity contribution in [3.63, 3.8) is 0 Å². The van der Waals surface area contributed by atoms with E-state index in [4.69, 9.17) is 28.5 Å². The smallest absolute Gasteiger partial charge is 0.250 e. The summed E-state index contributed by atoms with van der Waals surface area (Å²) in [7, 11) is 1.73. The highest BCUT2D eigenvalue weighted by Crippen LogP contribution is 2.37. The number of rotatable bonds is 7. The maximum atomic E-state index is 13.9. The first-order valence-corrected chi connectivity index (χ1v) is 12.2. The molecule has 2 fully saturated rings. The number of amides is 1. The maximum Gasteiger partial charge on any atom is 0.250 e. The van der Waals surface area contributed by atoms with Crippen molar-refractivity contribution in [2.45, 2.75) is 50.6 Å². The number of carbonyl (C=O) groups excluding carboxylic acids is 1. The standard InChI is InChI=1S/C25H28Cl2N4O2/c1-30-10-7-17(13-23(30)32)20-6-9-29-14-21(20)25(33)31(19-4-5-19)15-18-11-16(3-2-8-28)12-22(26)24(18)27/h7,10-13,19-21,29H,2-6,9,14-15H2,1H3/t20-,21+/m0/s1. The zero-order valence-electron chi connectivity index (χ0n) is 18.7. The van der Waals surface area contributed by atoms with Crippen LogP contribution in [0.2, 0.25) is 10.0 Å². The molecule has 174 valence electrons. The third-order valence-corrected chi connectivity index (χ3v) is 7.50. The monoisotopic (exact) mass is 486 g/mol. The molecule has 2 heterocycles. The fraction of sp³-hybridized carbons (Fsp3) is 0.480. The van der Waals surface area contributed by atoms with Crippen molar-refractivity contribution in [3.05, 3.63) is 67.6 Å². The van der Waals surface area contributed by atoms with Crippen LogP contribution in [0.1, 0.15) is 48.3 Å². The first-order chi connectivity index (χ1) is 15.9. The molecule has 0 radical (unpaired) electrons. The lowest BCUT2D eigenvalue weighted by molar-refractivity contribution is -0.138. The molecular weight excluding hydrogens is 459 g/mol. The lowest BCUT2D eigenvalue weighted by Crippen LogP contribution is -2.47. The Bertz CT molecular complexity index is 1140. The Morgan fingerprint density at radius 3 is 2.76 bits per heavy atom. The number of aryl methyl sites for hydroxylation is 2. The van der Waals surface area contributed by atoms with Gasteiger partial charge in [0.2, 0.25) is 5.91 Å². The van der Waals surface area contributed by atoms with Crippen LogP contribution in [0.4, 0.5) is 0 Å². The summed E-state index contributed by atoms with van der Waals surface area (Å²) in [4.78, 5) is 28.0. The number of nitrogens with zero attached hydrogens (tertiary/aromatic N) is 3. The second kappa shape index (κ2) is 10.3. The van der Waals surface area contributed by atoms with Gasteiger partial charge in [0.05, 0.1) is 22.0 Å². The van der Waals surface area contributed by atoms with Gasteiger partial charge in [0.1, 0.15) is 0 Å². The summed E-state index contributed by atoms with van der Waals surface area (Å²) in [5, 5.41) is 13.2. The van der Waals surface area contributed by atoms with Gasteiger partial charge in [0, 0.05) is 44.9 Å². The Morgan fingerprint density at radius 2 is 2.06 bits per heavy atom. The van der Waals surface area contributed by atoms with Crippen LogP contribution in [-0.2, 0) is 24.8 Å². The minimum atomic E-state index is -0.248. The van der Waals surface area contributed by atoms with Gasteiger partial charge in [-0.2, -0.15) is 5.26 Å². The molecule has 0 spiro atoms. The van der Waals surface area contributed by atoms with E-state index in [0.29, 0.717) is 36.0 Å². The lowest BCUT2D eigenvalue weighted by Gasteiger charge is -2.36. The molecule has 6 nitrogen and oxygen atoms in total. The molecule has 2 aromatic rings. The van der Waals surface area contributed by atoms with Gasteiger partial charge in [-0.3, -0.25) is 9.59 Å². The van der Waals surface area contributed by atoms with Crippen molar-refractivity contribution in [2.24, 2.45) is 13.0 Å². The van der Waals surface area contributed by atoms with Gasteiger partial charge < -0.3 is 14.8 Å². The fourth-order valence-corrected chi connectivity index (χ4v) is 5.08. The van der Waals surface area contributed by atoms with Crippen LogP contribution in [0.25, 0.3) is 0 Å². The van der Waals surface area contributed by atoms with Crippen LogP contribution in [0.3, 0.4) is 0 Å². The molecule has 2 aliphatic rings. The van der Waals surface area contributed by atoms with E-state index < -0.39 is 0 Å². The summed E-state index contributed by atoms with van der Waals surface area (Å²) < 4.78 is 1.54. The summed E-state index contributed by atoms with van der Waals surface area (Å²) in [5.41, 5.74) is 2.62. The van der Waals surface area contributed by atoms with Crippen LogP contribution < -0.4 is 10.9 Å². The normalized spacial score (nSPS) is 20.3. The zero-order valence-corrected chi connectivity index (χ0v) is 20.2. The lowest BCUT2D eigenvalue weighted by atomic mass is 9.80. The van der Waals surface area contributed by atoms with Crippen LogP contribution in [-0.4, -0.2) is 34.5 Å². The van der Waals surface area contributed by atoms with Gasteiger partial charge in [-0.05, 0) is 67.0 Å². The van der Waals surface area contributed by atoms with E-state index in [1.165, 1.54) is 0 Å². The van der Waals surface area contributed by atoms with E-state index in [0.717, 1.165) is 42.5 Å². The molecule has 1 saturated carbocycles. The number of pyridine rings is 1. The second-order valence-electron chi connectivity index (χ2n) is 9.02. The van der Waals surface area contributed by atoms with Crippen molar-refractivity contribution in [3.8, 4) is 6.07 Å². The molecule has 8 heteroatoms. The number of carbonyl (C=O) groups is 1. The molecule has 1 aliphatic carbocycles. The van der Waals surface area contributed by atoms with Crippen molar-refractivity contribution in [1.82, 2.24) is 14.8 Å². The molecule has 1 N–H and O–H groups in total. The molecule has 2 atom stereocenters. The second-order valence-corrected chi connectivity index (χ2v) is 9.81. The van der Waals surface area contributed by atoms with Gasteiger partial charge in [-0.15, -0.1) is 0 Å². The van der Waals surface area contributed by atoms with Crippen molar-refractivity contribution in [1.29, 1.82) is 5.26 Å². The SMILES string of the molecule is Cn1ccc([C@@H]2CCNC[C@H]2C(=O)N(Cc2cc(CCC#N)cc(Cl)c2Cl)C2CC2)cc1=O. The van der Waals surface area contributed by atoms with E-state index in [9.17, 15) is 9.59 Å². The quantitative estimate of drug-likeness (QED) is 0.640. The highest BCUT2D eigenvalue weighted by Gasteiger charge is 2.40. The number of halogens is 2. The predicted octanol–water partition coefficient (Wildman–Crippen LogP) is 4.03. The highest BCUT2D eigenvalue weighted by molar-refractivity contribution is 6.42. The van der Waals surface area contributed by atoms with E-state index >= 15 is 0 Å². The largest absolute Gasteiger partial charge is 0.335 e. The van der Waals surface area contributed by atoms with Gasteiger partial charge in [-0.1, -0.05) is 29.3 Å². The van der Waals surface area contributed by atoms with E-state index in [2.05, 4.69) is 11.4 Å². The molecule has 0 unspecified atom stereocenters. The topological polar surface area (TPSA) is 78.1 Å². The number of aromatic nitrogens is 1. The average molecular weight is 487 g/mol. The Balaban J connectivity index is 1.61. The molecule has 1 aromatic heterocycles. The summed E-state index contributed by atoms with van der Waals surface area (Å²) in [6.07, 6.45) is 5.51. The van der Waals surface area contributed by atoms with Gasteiger partial charge in [0.15, 0.2) is 0 Å². The summed E-state index contributed by atoms with van der Waals surface area (Å²) in [5.74, 6) is -0.164. The van der Waals surface area contributed by atoms with Crippen LogP contribution in [0.15, 0.2) is 35.3 Å². The number of nitriles is 1. The molecule has 1 aromatic carbocycles. The van der Waals surface area contributed by atoms with Crippen LogP contribution in [0, 0.1) is 17.2 Å². The Morgan fingerprint density at radius 1 is 1.27 bits per heavy atom. The van der Waals surface area contributed by atoms with Gasteiger partial charge >= 0.3 is 0 Å². The van der Waals surface area contributed by atoms with E-state index in [1.807, 2.05) is 17.0 Å². The number of piperidine rings is 1. The van der Waals surface area contributed by atoms with E-state index in [-0.39, 0.29) is 29.3 Å². The third-order valence-electron chi connectivity index (χ3n) is 6.66. The van der Waals surface area contributed by atoms with Gasteiger partial charge in [0.25, 0.3) is 5.56 Å². The van der Waals surface area contributed by atoms with Crippen molar-refractivity contribution in [2.75, 3.05) is 13.1 Å². The molecule has 4 rings (SSSR count). The molecule has 1 amide bonds. The van der Waals surface area contributed by atoms with Crippen molar-refractivity contribution < 1.29 is 4.79 Å².